The number of nitrogens with one attached hydrogen (secondary N) is 1. The third kappa shape index (κ3) is 3.98. The molecule has 0 aliphatic carbocycles. The Bertz CT molecular complexity index is 600. The molecule has 3 aliphatic heterocycles. The maximum absolute atomic E-state index is 4.54. The van der Waals surface area contributed by atoms with E-state index in [2.05, 4.69) is 44.2 Å². The lowest BCUT2D eigenvalue weighted by Crippen LogP contribution is -2.52. The molecule has 0 spiro atoms. The van der Waals surface area contributed by atoms with E-state index < -0.39 is 0 Å². The van der Waals surface area contributed by atoms with Crippen molar-refractivity contribution in [1.29, 1.82) is 0 Å². The Kier molecular flexibility index (Phi) is 5.22. The second kappa shape index (κ2) is 7.75. The second-order valence-corrected chi connectivity index (χ2v) is 7.68. The van der Waals surface area contributed by atoms with Crippen molar-refractivity contribution < 1.29 is 0 Å². The molecule has 2 saturated heterocycles. The molecule has 2 fully saturated rings. The number of rotatable bonds is 3. The quantitative estimate of drug-likeness (QED) is 0.914. The lowest BCUT2D eigenvalue weighted by atomic mass is 10.0. The molecule has 0 amide bonds. The van der Waals surface area contributed by atoms with Crippen molar-refractivity contribution in [2.75, 3.05) is 55.6 Å². The molecule has 5 nitrogen and oxygen atoms in total. The predicted molar refractivity (Wildman–Crippen MR) is 104 cm³/mol. The topological polar surface area (TPSA) is 34.6 Å². The zero-order valence-corrected chi connectivity index (χ0v) is 15.5. The summed E-state index contributed by atoms with van der Waals surface area (Å²) in [6.45, 7) is 10.3. The summed E-state index contributed by atoms with van der Waals surface area (Å²) in [5.74, 6) is 0. The third-order valence-electron chi connectivity index (χ3n) is 5.88. The molecule has 5 heteroatoms. The van der Waals surface area contributed by atoms with Gasteiger partial charge in [0.25, 0.3) is 0 Å². The summed E-state index contributed by atoms with van der Waals surface area (Å²) in [7, 11) is 0. The smallest absolute Gasteiger partial charge is 0.0613 e. The number of piperazine rings is 1. The Morgan fingerprint density at radius 3 is 2.52 bits per heavy atom. The van der Waals surface area contributed by atoms with E-state index in [-0.39, 0.29) is 0 Å². The molecular weight excluding hydrogens is 310 g/mol. The van der Waals surface area contributed by atoms with Crippen LogP contribution in [0.25, 0.3) is 0 Å². The van der Waals surface area contributed by atoms with Crippen molar-refractivity contribution in [3.63, 3.8) is 0 Å². The molecule has 1 aromatic heterocycles. The fourth-order valence-electron chi connectivity index (χ4n) is 4.41. The summed E-state index contributed by atoms with van der Waals surface area (Å²) < 4.78 is 0. The Morgan fingerprint density at radius 1 is 1.00 bits per heavy atom. The van der Waals surface area contributed by atoms with Gasteiger partial charge in [-0.3, -0.25) is 9.88 Å². The van der Waals surface area contributed by atoms with Crippen LogP contribution in [0.15, 0.2) is 30.2 Å². The Labute approximate surface area is 151 Å². The van der Waals surface area contributed by atoms with Gasteiger partial charge in [0.05, 0.1) is 23.8 Å². The minimum Gasteiger partial charge on any atom is -0.370 e. The average Bonchev–Trinajstić information content (AvgIpc) is 2.69. The fourth-order valence-corrected chi connectivity index (χ4v) is 4.41. The van der Waals surface area contributed by atoms with Gasteiger partial charge in [0.2, 0.25) is 0 Å². The Hall–Kier alpha value is -1.59. The number of pyridine rings is 1. The van der Waals surface area contributed by atoms with Crippen LogP contribution in [0.3, 0.4) is 0 Å². The van der Waals surface area contributed by atoms with Gasteiger partial charge in [-0.05, 0) is 38.7 Å². The van der Waals surface area contributed by atoms with Crippen LogP contribution in [0.4, 0.5) is 11.4 Å². The summed E-state index contributed by atoms with van der Waals surface area (Å²) in [5, 5.41) is 3.46. The summed E-state index contributed by atoms with van der Waals surface area (Å²) in [6, 6.07) is 3.09. The first-order valence-electron chi connectivity index (χ1n) is 9.88. The van der Waals surface area contributed by atoms with Crippen molar-refractivity contribution >= 4 is 11.4 Å². The van der Waals surface area contributed by atoms with E-state index in [1.54, 1.807) is 0 Å². The molecule has 4 heterocycles. The zero-order valence-electron chi connectivity index (χ0n) is 15.5. The van der Waals surface area contributed by atoms with Crippen LogP contribution in [-0.4, -0.2) is 61.7 Å². The van der Waals surface area contributed by atoms with Gasteiger partial charge in [0.15, 0.2) is 0 Å². The van der Waals surface area contributed by atoms with Gasteiger partial charge in [0, 0.05) is 58.1 Å². The minimum absolute atomic E-state index is 0.766. The van der Waals surface area contributed by atoms with Crippen molar-refractivity contribution in [2.24, 2.45) is 0 Å². The van der Waals surface area contributed by atoms with Crippen LogP contribution < -0.4 is 15.1 Å². The molecule has 0 radical (unpaired) electrons. The van der Waals surface area contributed by atoms with Gasteiger partial charge in [0.1, 0.15) is 0 Å². The van der Waals surface area contributed by atoms with Crippen molar-refractivity contribution in [2.45, 2.75) is 38.6 Å². The van der Waals surface area contributed by atoms with E-state index in [1.165, 1.54) is 55.7 Å². The largest absolute Gasteiger partial charge is 0.370 e. The first-order chi connectivity index (χ1) is 12.3. The molecule has 0 saturated carbocycles. The highest BCUT2D eigenvalue weighted by Crippen LogP contribution is 2.27. The summed E-state index contributed by atoms with van der Waals surface area (Å²) in [5.41, 5.74) is 3.99. The lowest BCUT2D eigenvalue weighted by Gasteiger charge is -2.41. The van der Waals surface area contributed by atoms with Crippen LogP contribution in [-0.2, 0) is 0 Å². The summed E-state index contributed by atoms with van der Waals surface area (Å²) in [4.78, 5) is 12.1. The van der Waals surface area contributed by atoms with E-state index >= 15 is 0 Å². The highest BCUT2D eigenvalue weighted by atomic mass is 15.2. The van der Waals surface area contributed by atoms with Gasteiger partial charge >= 0.3 is 0 Å². The number of aromatic nitrogens is 1. The number of nitrogens with zero attached hydrogens (tertiary/aromatic N) is 4. The van der Waals surface area contributed by atoms with Crippen LogP contribution >= 0.6 is 0 Å². The fraction of sp³-hybridized carbons (Fsp3) is 0.650. The van der Waals surface area contributed by atoms with Gasteiger partial charge < -0.3 is 15.1 Å². The molecule has 0 atom stereocenters. The monoisotopic (exact) mass is 341 g/mol. The van der Waals surface area contributed by atoms with E-state index in [4.69, 9.17) is 0 Å². The lowest BCUT2D eigenvalue weighted by molar-refractivity contribution is 0.150. The maximum atomic E-state index is 4.54. The van der Waals surface area contributed by atoms with Gasteiger partial charge in [-0.2, -0.15) is 0 Å². The average molecular weight is 342 g/mol. The zero-order chi connectivity index (χ0) is 17.1. The van der Waals surface area contributed by atoms with E-state index in [0.29, 0.717) is 0 Å². The standard InChI is InChI=1S/C20H31N5/c1-17-3-2-8-25(16-17)20-13-19(14-22-15-20)23-9-4-18(5-10-23)24-11-6-21-7-12-24/h13-16,18,21H,2-12H2,1H3. The number of anilines is 2. The molecule has 1 N–H and O–H groups in total. The van der Waals surface area contributed by atoms with Gasteiger partial charge in [-0.15, -0.1) is 0 Å². The highest BCUT2D eigenvalue weighted by molar-refractivity contribution is 5.59. The Balaban J connectivity index is 1.39. The Morgan fingerprint density at radius 2 is 1.76 bits per heavy atom. The van der Waals surface area contributed by atoms with Crippen LogP contribution in [0.2, 0.25) is 0 Å². The number of hydrogen-bond donors (Lipinski definition) is 1. The maximum Gasteiger partial charge on any atom is 0.0613 e. The molecule has 25 heavy (non-hydrogen) atoms. The van der Waals surface area contributed by atoms with Gasteiger partial charge in [-0.25, -0.2) is 0 Å². The van der Waals surface area contributed by atoms with E-state index in [0.717, 1.165) is 38.8 Å². The van der Waals surface area contributed by atoms with E-state index in [9.17, 15) is 0 Å². The minimum atomic E-state index is 0.766. The van der Waals surface area contributed by atoms with Crippen LogP contribution in [0, 0.1) is 0 Å². The number of allylic oxidation sites excluding steroid dienone is 1. The van der Waals surface area contributed by atoms with Crippen molar-refractivity contribution in [3.05, 3.63) is 30.2 Å². The second-order valence-electron chi connectivity index (χ2n) is 7.68. The number of hydrogen-bond acceptors (Lipinski definition) is 5. The predicted octanol–water partition coefficient (Wildman–Crippen LogP) is 2.46. The van der Waals surface area contributed by atoms with Crippen molar-refractivity contribution in [1.82, 2.24) is 15.2 Å². The summed E-state index contributed by atoms with van der Waals surface area (Å²) >= 11 is 0. The SMILES string of the molecule is CC1=CN(c2cncc(N3CCC(N4CCNCC4)CC3)c2)CCC1. The third-order valence-corrected chi connectivity index (χ3v) is 5.88. The normalized spacial score (nSPS) is 23.6. The molecule has 0 aromatic carbocycles. The molecule has 0 bridgehead atoms. The molecule has 0 unspecified atom stereocenters. The first-order valence-corrected chi connectivity index (χ1v) is 9.88. The molecule has 3 aliphatic rings. The van der Waals surface area contributed by atoms with Crippen LogP contribution in [0.5, 0.6) is 0 Å². The molecule has 136 valence electrons. The first kappa shape index (κ1) is 16.9. The molecule has 1 aromatic rings. The van der Waals surface area contributed by atoms with E-state index in [1.807, 2.05) is 12.4 Å². The van der Waals surface area contributed by atoms with Crippen molar-refractivity contribution in [3.8, 4) is 0 Å². The summed E-state index contributed by atoms with van der Waals surface area (Å²) in [6.07, 6.45) is 11.3. The van der Waals surface area contributed by atoms with Gasteiger partial charge in [-0.1, -0.05) is 5.57 Å². The number of piperidine rings is 1. The molecular formula is C20H31N5. The highest BCUT2D eigenvalue weighted by Gasteiger charge is 2.26. The molecule has 4 rings (SSSR count). The van der Waals surface area contributed by atoms with Crippen LogP contribution in [0.1, 0.15) is 32.6 Å².